The number of nitrogens with two attached hydrogens (primary N) is 1. The molecule has 2 aromatic carbocycles. The van der Waals surface area contributed by atoms with Crippen LogP contribution in [0.4, 0.5) is 0 Å². The lowest BCUT2D eigenvalue weighted by molar-refractivity contribution is 0.487. The van der Waals surface area contributed by atoms with Gasteiger partial charge in [0.05, 0.1) is 0 Å². The molecule has 0 aliphatic carbocycles. The number of nitrogens with zero attached hydrogens (tertiary/aromatic N) is 1. The highest BCUT2D eigenvalue weighted by molar-refractivity contribution is 5.84. The molecular weight excluding hydrogens is 248 g/mol. The van der Waals surface area contributed by atoms with E-state index in [0.29, 0.717) is 6.54 Å². The maximum atomic E-state index is 5.93. The number of hydrogen-bond donors (Lipinski definition) is 1. The summed E-state index contributed by atoms with van der Waals surface area (Å²) in [6.07, 6.45) is 0.773. The molecule has 0 atom stereocenters. The Balaban J connectivity index is 2.03. The summed E-state index contributed by atoms with van der Waals surface area (Å²) in [5.74, 6) is 1.58. The van der Waals surface area contributed by atoms with Gasteiger partial charge in [0.25, 0.3) is 0 Å². The van der Waals surface area contributed by atoms with Gasteiger partial charge in [-0.3, -0.25) is 0 Å². The van der Waals surface area contributed by atoms with Crippen molar-refractivity contribution in [2.45, 2.75) is 6.42 Å². The van der Waals surface area contributed by atoms with Crippen molar-refractivity contribution in [3.8, 4) is 11.5 Å². The van der Waals surface area contributed by atoms with Gasteiger partial charge in [0.15, 0.2) is 5.75 Å². The average Bonchev–Trinajstić information content (AvgIpc) is 2.49. The maximum Gasteiger partial charge on any atom is 0.153 e. The third-order valence-corrected chi connectivity index (χ3v) is 3.11. The molecule has 0 bridgehead atoms. The van der Waals surface area contributed by atoms with Crippen LogP contribution in [0.1, 0.15) is 5.69 Å². The van der Waals surface area contributed by atoms with E-state index in [0.717, 1.165) is 34.5 Å². The zero-order chi connectivity index (χ0) is 13.8. The molecule has 3 nitrogen and oxygen atoms in total. The van der Waals surface area contributed by atoms with Crippen LogP contribution in [-0.4, -0.2) is 11.5 Å². The molecule has 1 heterocycles. The Morgan fingerprint density at radius 3 is 2.55 bits per heavy atom. The molecule has 0 saturated heterocycles. The molecule has 3 aromatic rings. The first-order valence-electron chi connectivity index (χ1n) is 6.68. The van der Waals surface area contributed by atoms with E-state index in [9.17, 15) is 0 Å². The molecule has 0 spiro atoms. The average molecular weight is 264 g/mol. The van der Waals surface area contributed by atoms with Crippen LogP contribution in [0.2, 0.25) is 0 Å². The second kappa shape index (κ2) is 5.72. The minimum absolute atomic E-state index is 0.597. The third kappa shape index (κ3) is 2.63. The monoisotopic (exact) mass is 264 g/mol. The van der Waals surface area contributed by atoms with E-state index in [1.807, 2.05) is 54.6 Å². The van der Waals surface area contributed by atoms with Crippen molar-refractivity contribution in [1.82, 2.24) is 4.98 Å². The zero-order valence-corrected chi connectivity index (χ0v) is 11.1. The number of ether oxygens (including phenoxy) is 1. The van der Waals surface area contributed by atoms with Gasteiger partial charge in [0.2, 0.25) is 0 Å². The Hall–Kier alpha value is -2.39. The van der Waals surface area contributed by atoms with Crippen LogP contribution in [0.3, 0.4) is 0 Å². The number of pyridine rings is 1. The minimum atomic E-state index is 0.597. The van der Waals surface area contributed by atoms with E-state index in [1.54, 1.807) is 0 Å². The van der Waals surface area contributed by atoms with E-state index in [-0.39, 0.29) is 0 Å². The van der Waals surface area contributed by atoms with Crippen LogP contribution in [0.25, 0.3) is 10.9 Å². The summed E-state index contributed by atoms with van der Waals surface area (Å²) in [5.41, 5.74) is 7.46. The minimum Gasteiger partial charge on any atom is -0.455 e. The van der Waals surface area contributed by atoms with Crippen molar-refractivity contribution in [2.75, 3.05) is 6.54 Å². The van der Waals surface area contributed by atoms with Gasteiger partial charge in [0.1, 0.15) is 11.3 Å². The van der Waals surface area contributed by atoms with Gasteiger partial charge in [0, 0.05) is 17.5 Å². The molecule has 0 radical (unpaired) electrons. The van der Waals surface area contributed by atoms with Crippen LogP contribution in [0.5, 0.6) is 11.5 Å². The third-order valence-electron chi connectivity index (χ3n) is 3.11. The standard InChI is InChI=1S/C17H16N2O/c18-12-11-14-10-9-13-5-4-8-16(17(13)19-14)20-15-6-2-1-3-7-15/h1-10H,11-12,18H2. The Morgan fingerprint density at radius 1 is 0.900 bits per heavy atom. The second-order valence-electron chi connectivity index (χ2n) is 4.58. The Kier molecular flexibility index (Phi) is 3.61. The number of fused-ring (bicyclic) bond motifs is 1. The quantitative estimate of drug-likeness (QED) is 0.784. The van der Waals surface area contributed by atoms with Crippen LogP contribution in [0.15, 0.2) is 60.7 Å². The van der Waals surface area contributed by atoms with Gasteiger partial charge in [-0.2, -0.15) is 0 Å². The highest BCUT2D eigenvalue weighted by atomic mass is 16.5. The number of rotatable bonds is 4. The summed E-state index contributed by atoms with van der Waals surface area (Å²) in [7, 11) is 0. The fraction of sp³-hybridized carbons (Fsp3) is 0.118. The Labute approximate surface area is 118 Å². The van der Waals surface area contributed by atoms with Crippen molar-refractivity contribution in [1.29, 1.82) is 0 Å². The molecule has 3 rings (SSSR count). The number of hydrogen-bond acceptors (Lipinski definition) is 3. The van der Waals surface area contributed by atoms with Gasteiger partial charge < -0.3 is 10.5 Å². The van der Waals surface area contributed by atoms with Crippen LogP contribution >= 0.6 is 0 Å². The lowest BCUT2D eigenvalue weighted by Crippen LogP contribution is -2.04. The molecule has 2 N–H and O–H groups in total. The lowest BCUT2D eigenvalue weighted by atomic mass is 10.1. The normalized spacial score (nSPS) is 10.7. The van der Waals surface area contributed by atoms with Gasteiger partial charge >= 0.3 is 0 Å². The number of benzene rings is 2. The van der Waals surface area contributed by atoms with E-state index in [4.69, 9.17) is 10.5 Å². The molecule has 0 amide bonds. The lowest BCUT2D eigenvalue weighted by Gasteiger charge is -2.09. The maximum absolute atomic E-state index is 5.93. The molecule has 0 unspecified atom stereocenters. The number of aromatic nitrogens is 1. The highest BCUT2D eigenvalue weighted by Crippen LogP contribution is 2.28. The topological polar surface area (TPSA) is 48.1 Å². The number of para-hydroxylation sites is 2. The van der Waals surface area contributed by atoms with E-state index >= 15 is 0 Å². The van der Waals surface area contributed by atoms with E-state index in [2.05, 4.69) is 11.1 Å². The molecule has 1 aromatic heterocycles. The first-order valence-corrected chi connectivity index (χ1v) is 6.68. The molecule has 3 heteroatoms. The first kappa shape index (κ1) is 12.6. The summed E-state index contributed by atoms with van der Waals surface area (Å²) < 4.78 is 5.93. The van der Waals surface area contributed by atoms with Crippen LogP contribution in [0, 0.1) is 0 Å². The van der Waals surface area contributed by atoms with Crippen molar-refractivity contribution in [2.24, 2.45) is 5.73 Å². The summed E-state index contributed by atoms with van der Waals surface area (Å²) in [6, 6.07) is 19.8. The molecule has 0 aliphatic rings. The van der Waals surface area contributed by atoms with Crippen molar-refractivity contribution >= 4 is 10.9 Å². The van der Waals surface area contributed by atoms with Crippen LogP contribution < -0.4 is 10.5 Å². The van der Waals surface area contributed by atoms with Crippen molar-refractivity contribution < 1.29 is 4.74 Å². The van der Waals surface area contributed by atoms with Crippen LogP contribution in [-0.2, 0) is 6.42 Å². The largest absolute Gasteiger partial charge is 0.455 e. The smallest absolute Gasteiger partial charge is 0.153 e. The van der Waals surface area contributed by atoms with E-state index < -0.39 is 0 Å². The van der Waals surface area contributed by atoms with E-state index in [1.165, 1.54) is 0 Å². The fourth-order valence-corrected chi connectivity index (χ4v) is 2.15. The Morgan fingerprint density at radius 2 is 1.75 bits per heavy atom. The summed E-state index contributed by atoms with van der Waals surface area (Å²) in [5, 5.41) is 1.07. The predicted octanol–water partition coefficient (Wildman–Crippen LogP) is 3.53. The zero-order valence-electron chi connectivity index (χ0n) is 11.1. The van der Waals surface area contributed by atoms with Gasteiger partial charge in [-0.15, -0.1) is 0 Å². The molecular formula is C17H16N2O. The van der Waals surface area contributed by atoms with Crippen molar-refractivity contribution in [3.63, 3.8) is 0 Å². The highest BCUT2D eigenvalue weighted by Gasteiger charge is 2.06. The summed E-state index contributed by atoms with van der Waals surface area (Å²) >= 11 is 0. The fourth-order valence-electron chi connectivity index (χ4n) is 2.15. The first-order chi connectivity index (χ1) is 9.86. The van der Waals surface area contributed by atoms with Gasteiger partial charge in [-0.05, 0) is 30.8 Å². The van der Waals surface area contributed by atoms with Crippen molar-refractivity contribution in [3.05, 3.63) is 66.4 Å². The summed E-state index contributed by atoms with van der Waals surface area (Å²) in [4.78, 5) is 4.66. The molecule has 0 saturated carbocycles. The molecule has 20 heavy (non-hydrogen) atoms. The molecule has 100 valence electrons. The summed E-state index contributed by atoms with van der Waals surface area (Å²) in [6.45, 7) is 0.597. The Bertz CT molecular complexity index is 711. The SMILES string of the molecule is NCCc1ccc2cccc(Oc3ccccc3)c2n1. The van der Waals surface area contributed by atoms with Gasteiger partial charge in [-0.25, -0.2) is 4.98 Å². The predicted molar refractivity (Wildman–Crippen MR) is 81.0 cm³/mol. The molecule has 0 aliphatic heterocycles. The second-order valence-corrected chi connectivity index (χ2v) is 4.58. The van der Waals surface area contributed by atoms with Gasteiger partial charge in [-0.1, -0.05) is 36.4 Å². The molecule has 0 fully saturated rings.